The third-order valence-corrected chi connectivity index (χ3v) is 4.45. The van der Waals surface area contributed by atoms with E-state index in [9.17, 15) is 4.79 Å². The largest absolute Gasteiger partial charge is 0.493 e. The van der Waals surface area contributed by atoms with Crippen LogP contribution < -0.4 is 14.8 Å². The molecule has 0 spiro atoms. The fraction of sp³-hybridized carbons (Fsp3) is 0.632. The molecule has 140 valence electrons. The average Bonchev–Trinajstić information content (AvgIpc) is 2.63. The predicted octanol–water partition coefficient (Wildman–Crippen LogP) is 1.94. The van der Waals surface area contributed by atoms with Crippen LogP contribution in [0.15, 0.2) is 24.3 Å². The molecule has 6 nitrogen and oxygen atoms in total. The minimum absolute atomic E-state index is 0.00815. The number of amides is 1. The third-order valence-electron chi connectivity index (χ3n) is 4.45. The second kappa shape index (κ2) is 10.3. The number of rotatable bonds is 9. The molecule has 0 aromatic heterocycles. The number of benzene rings is 1. The summed E-state index contributed by atoms with van der Waals surface area (Å²) in [5.74, 6) is 1.82. The van der Waals surface area contributed by atoms with E-state index in [1.807, 2.05) is 24.3 Å². The molecular formula is C19H30N2O4. The number of carbonyl (C=O) groups excluding carboxylic acids is 1. The van der Waals surface area contributed by atoms with Crippen LogP contribution in [0.5, 0.6) is 11.5 Å². The molecule has 1 saturated heterocycles. The lowest BCUT2D eigenvalue weighted by Gasteiger charge is -2.36. The Labute approximate surface area is 150 Å². The molecule has 6 heteroatoms. The summed E-state index contributed by atoms with van der Waals surface area (Å²) in [4.78, 5) is 14.5. The number of hydrogen-bond donors (Lipinski definition) is 1. The fourth-order valence-electron chi connectivity index (χ4n) is 2.99. The monoisotopic (exact) mass is 350 g/mol. The summed E-state index contributed by atoms with van der Waals surface area (Å²) in [6.45, 7) is 8.76. The van der Waals surface area contributed by atoms with Crippen LogP contribution in [0.4, 0.5) is 0 Å². The average molecular weight is 350 g/mol. The van der Waals surface area contributed by atoms with Crippen LogP contribution in [0.3, 0.4) is 0 Å². The highest BCUT2D eigenvalue weighted by Gasteiger charge is 2.24. The topological polar surface area (TPSA) is 60.0 Å². The molecule has 25 heavy (non-hydrogen) atoms. The first-order valence-electron chi connectivity index (χ1n) is 8.96. The Morgan fingerprint density at radius 3 is 2.56 bits per heavy atom. The summed E-state index contributed by atoms with van der Waals surface area (Å²) in [6, 6.07) is 7.78. The van der Waals surface area contributed by atoms with Gasteiger partial charge in [0.15, 0.2) is 11.5 Å². The van der Waals surface area contributed by atoms with Crippen LogP contribution in [-0.2, 0) is 9.53 Å². The van der Waals surface area contributed by atoms with Crippen molar-refractivity contribution in [1.29, 1.82) is 0 Å². The lowest BCUT2D eigenvalue weighted by atomic mass is 10.0. The molecule has 1 aromatic carbocycles. The van der Waals surface area contributed by atoms with Crippen LogP contribution in [0.1, 0.15) is 20.3 Å². The Balaban J connectivity index is 1.73. The summed E-state index contributed by atoms with van der Waals surface area (Å²) >= 11 is 0. The Morgan fingerprint density at radius 1 is 1.24 bits per heavy atom. The first kappa shape index (κ1) is 19.5. The molecule has 0 bridgehead atoms. The standard InChI is InChI=1S/C19H30N2O4/c1-15(2)16(21-9-12-24-13-10-21)14-20-19(22)8-11-25-18-7-5-4-6-17(18)23-3/h4-7,15-16H,8-14H2,1-3H3,(H,20,22). The summed E-state index contributed by atoms with van der Waals surface area (Å²) < 4.78 is 16.3. The first-order valence-corrected chi connectivity index (χ1v) is 8.96. The zero-order chi connectivity index (χ0) is 18.1. The summed E-state index contributed by atoms with van der Waals surface area (Å²) in [5, 5.41) is 3.04. The maximum atomic E-state index is 12.1. The molecule has 1 aliphatic heterocycles. The molecule has 1 aromatic rings. The number of methoxy groups -OCH3 is 1. The fourth-order valence-corrected chi connectivity index (χ4v) is 2.99. The molecule has 1 heterocycles. The van der Waals surface area contributed by atoms with Crippen molar-refractivity contribution in [3.05, 3.63) is 24.3 Å². The van der Waals surface area contributed by atoms with Gasteiger partial charge >= 0.3 is 0 Å². The lowest BCUT2D eigenvalue weighted by Crippen LogP contribution is -2.51. The van der Waals surface area contributed by atoms with Gasteiger partial charge in [-0.05, 0) is 18.1 Å². The van der Waals surface area contributed by atoms with E-state index < -0.39 is 0 Å². The number of para-hydroxylation sites is 2. The van der Waals surface area contributed by atoms with Gasteiger partial charge in [-0.15, -0.1) is 0 Å². The number of morpholine rings is 1. The van der Waals surface area contributed by atoms with Crippen molar-refractivity contribution in [3.8, 4) is 11.5 Å². The molecule has 1 atom stereocenters. The quantitative estimate of drug-likeness (QED) is 0.737. The van der Waals surface area contributed by atoms with Gasteiger partial charge in [0.25, 0.3) is 0 Å². The Kier molecular flexibility index (Phi) is 8.01. The Hall–Kier alpha value is -1.79. The van der Waals surface area contributed by atoms with Gasteiger partial charge in [-0.25, -0.2) is 0 Å². The van der Waals surface area contributed by atoms with E-state index in [0.29, 0.717) is 43.0 Å². The van der Waals surface area contributed by atoms with Crippen LogP contribution in [0.2, 0.25) is 0 Å². The van der Waals surface area contributed by atoms with Crippen LogP contribution in [-0.4, -0.2) is 63.4 Å². The lowest BCUT2D eigenvalue weighted by molar-refractivity contribution is -0.122. The van der Waals surface area contributed by atoms with Gasteiger partial charge < -0.3 is 19.5 Å². The van der Waals surface area contributed by atoms with E-state index in [2.05, 4.69) is 24.1 Å². The zero-order valence-corrected chi connectivity index (χ0v) is 15.5. The molecule has 1 aliphatic rings. The maximum absolute atomic E-state index is 12.1. The third kappa shape index (κ3) is 6.21. The molecule has 0 radical (unpaired) electrons. The van der Waals surface area contributed by atoms with Crippen molar-refractivity contribution in [2.75, 3.05) is 46.6 Å². The van der Waals surface area contributed by atoms with E-state index in [0.717, 1.165) is 26.3 Å². The number of hydrogen-bond acceptors (Lipinski definition) is 5. The van der Waals surface area contributed by atoms with Gasteiger partial charge in [-0.3, -0.25) is 9.69 Å². The minimum atomic E-state index is 0.00815. The van der Waals surface area contributed by atoms with Gasteiger partial charge in [0.05, 0.1) is 33.4 Å². The van der Waals surface area contributed by atoms with Crippen molar-refractivity contribution >= 4 is 5.91 Å². The molecule has 0 saturated carbocycles. The maximum Gasteiger partial charge on any atom is 0.223 e. The summed E-state index contributed by atoms with van der Waals surface area (Å²) in [5.41, 5.74) is 0. The van der Waals surface area contributed by atoms with Gasteiger partial charge in [0.2, 0.25) is 5.91 Å². The van der Waals surface area contributed by atoms with Gasteiger partial charge in [0.1, 0.15) is 0 Å². The normalized spacial score (nSPS) is 16.5. The van der Waals surface area contributed by atoms with E-state index in [-0.39, 0.29) is 5.91 Å². The van der Waals surface area contributed by atoms with Crippen molar-refractivity contribution in [1.82, 2.24) is 10.2 Å². The molecule has 1 unspecified atom stereocenters. The van der Waals surface area contributed by atoms with Gasteiger partial charge in [-0.2, -0.15) is 0 Å². The van der Waals surface area contributed by atoms with E-state index in [4.69, 9.17) is 14.2 Å². The molecule has 1 amide bonds. The van der Waals surface area contributed by atoms with Crippen molar-refractivity contribution in [3.63, 3.8) is 0 Å². The second-order valence-corrected chi connectivity index (χ2v) is 6.51. The first-order chi connectivity index (χ1) is 12.1. The highest BCUT2D eigenvalue weighted by Crippen LogP contribution is 2.25. The molecule has 2 rings (SSSR count). The highest BCUT2D eigenvalue weighted by atomic mass is 16.5. The second-order valence-electron chi connectivity index (χ2n) is 6.51. The molecule has 1 fully saturated rings. The smallest absolute Gasteiger partial charge is 0.223 e. The van der Waals surface area contributed by atoms with Gasteiger partial charge in [-0.1, -0.05) is 26.0 Å². The Morgan fingerprint density at radius 2 is 1.92 bits per heavy atom. The molecule has 1 N–H and O–H groups in total. The molecule has 0 aliphatic carbocycles. The van der Waals surface area contributed by atoms with E-state index in [1.165, 1.54) is 0 Å². The number of nitrogens with one attached hydrogen (secondary N) is 1. The minimum Gasteiger partial charge on any atom is -0.493 e. The SMILES string of the molecule is COc1ccccc1OCCC(=O)NCC(C(C)C)N1CCOCC1. The predicted molar refractivity (Wildman–Crippen MR) is 97.1 cm³/mol. The number of nitrogens with zero attached hydrogens (tertiary/aromatic N) is 1. The number of carbonyl (C=O) groups is 1. The highest BCUT2D eigenvalue weighted by molar-refractivity contribution is 5.76. The van der Waals surface area contributed by atoms with Crippen LogP contribution in [0, 0.1) is 5.92 Å². The Bertz CT molecular complexity index is 530. The van der Waals surface area contributed by atoms with E-state index in [1.54, 1.807) is 7.11 Å². The van der Waals surface area contributed by atoms with Crippen molar-refractivity contribution < 1.29 is 19.0 Å². The number of ether oxygens (including phenoxy) is 3. The van der Waals surface area contributed by atoms with Crippen molar-refractivity contribution in [2.45, 2.75) is 26.3 Å². The summed E-state index contributed by atoms with van der Waals surface area (Å²) in [6.07, 6.45) is 0.325. The summed E-state index contributed by atoms with van der Waals surface area (Å²) in [7, 11) is 1.60. The van der Waals surface area contributed by atoms with Crippen LogP contribution >= 0.6 is 0 Å². The van der Waals surface area contributed by atoms with E-state index >= 15 is 0 Å². The van der Waals surface area contributed by atoms with Crippen molar-refractivity contribution in [2.24, 2.45) is 5.92 Å². The van der Waals surface area contributed by atoms with Gasteiger partial charge in [0, 0.05) is 25.7 Å². The molecular weight excluding hydrogens is 320 g/mol. The zero-order valence-electron chi connectivity index (χ0n) is 15.5. The van der Waals surface area contributed by atoms with Crippen LogP contribution in [0.25, 0.3) is 0 Å².